The van der Waals surface area contributed by atoms with Gasteiger partial charge in [-0.1, -0.05) is 48.5 Å². The smallest absolute Gasteiger partial charge is 0.250 e. The molecule has 3 aromatic rings. The van der Waals surface area contributed by atoms with Crippen LogP contribution in [0.5, 0.6) is 5.75 Å². The lowest BCUT2D eigenvalue weighted by Gasteiger charge is -2.36. The van der Waals surface area contributed by atoms with Gasteiger partial charge in [-0.25, -0.2) is 0 Å². The highest BCUT2D eigenvalue weighted by atomic mass is 16.5. The van der Waals surface area contributed by atoms with Crippen molar-refractivity contribution in [1.29, 1.82) is 0 Å². The Bertz CT molecular complexity index is 1420. The quantitative estimate of drug-likeness (QED) is 0.373. The summed E-state index contributed by atoms with van der Waals surface area (Å²) in [6.45, 7) is -0.347. The highest BCUT2D eigenvalue weighted by Crippen LogP contribution is 2.59. The number of benzene rings is 3. The summed E-state index contributed by atoms with van der Waals surface area (Å²) in [4.78, 5) is 43.5. The van der Waals surface area contributed by atoms with Gasteiger partial charge in [-0.2, -0.15) is 0 Å². The first-order chi connectivity index (χ1) is 19.9. The zero-order valence-corrected chi connectivity index (χ0v) is 22.7. The zero-order chi connectivity index (χ0) is 28.6. The number of aliphatic hydroxyl groups excluding tert-OH is 1. The van der Waals surface area contributed by atoms with Crippen LogP contribution in [0.25, 0.3) is 0 Å². The van der Waals surface area contributed by atoms with Crippen molar-refractivity contribution in [2.75, 3.05) is 24.4 Å². The number of para-hydroxylation sites is 1. The number of fused-ring (bicyclic) bond motifs is 1. The Kier molecular flexibility index (Phi) is 7.23. The number of hydrogen-bond acceptors (Lipinski definition) is 6. The highest BCUT2D eigenvalue weighted by Gasteiger charge is 2.75. The van der Waals surface area contributed by atoms with Crippen molar-refractivity contribution in [3.05, 3.63) is 90.5 Å². The fraction of sp³-hybridized carbons (Fsp3) is 0.344. The van der Waals surface area contributed by atoms with Gasteiger partial charge in [-0.3, -0.25) is 14.4 Å². The van der Waals surface area contributed by atoms with E-state index in [9.17, 15) is 19.5 Å². The Hall–Kier alpha value is -4.21. The van der Waals surface area contributed by atoms with Gasteiger partial charge >= 0.3 is 0 Å². The van der Waals surface area contributed by atoms with Crippen molar-refractivity contribution in [3.8, 4) is 5.75 Å². The third-order valence-corrected chi connectivity index (χ3v) is 8.61. The Morgan fingerprint density at radius 3 is 2.27 bits per heavy atom. The molecule has 3 aromatic carbocycles. The topological polar surface area (TPSA) is 117 Å². The predicted octanol–water partition coefficient (Wildman–Crippen LogP) is 3.25. The van der Waals surface area contributed by atoms with Gasteiger partial charge in [0.05, 0.1) is 37.7 Å². The summed E-state index contributed by atoms with van der Waals surface area (Å²) >= 11 is 0. The van der Waals surface area contributed by atoms with Crippen LogP contribution in [0.1, 0.15) is 18.4 Å². The van der Waals surface area contributed by atoms with Crippen molar-refractivity contribution >= 4 is 29.1 Å². The largest absolute Gasteiger partial charge is 0.497 e. The number of ether oxygens (including phenoxy) is 2. The summed E-state index contributed by atoms with van der Waals surface area (Å²) in [7, 11) is 1.56. The maximum Gasteiger partial charge on any atom is 0.250 e. The number of carbonyl (C=O) groups is 3. The minimum atomic E-state index is -1.18. The Balaban J connectivity index is 1.36. The minimum absolute atomic E-state index is 0.305. The SMILES string of the molecule is COc1ccc(NC(=O)C2N([C@@H](CO)Cc3ccccc3)C(=O)[C@@H]3[C@H](C(=O)Nc4ccccc4)[C@@H]4CCC23O4)cc1. The van der Waals surface area contributed by atoms with Crippen molar-refractivity contribution < 1.29 is 29.0 Å². The van der Waals surface area contributed by atoms with E-state index in [2.05, 4.69) is 10.6 Å². The molecule has 3 aliphatic heterocycles. The predicted molar refractivity (Wildman–Crippen MR) is 152 cm³/mol. The Morgan fingerprint density at radius 1 is 0.976 bits per heavy atom. The molecule has 0 aromatic heterocycles. The van der Waals surface area contributed by atoms with Gasteiger partial charge in [0.25, 0.3) is 0 Å². The van der Waals surface area contributed by atoms with Gasteiger partial charge in [-0.15, -0.1) is 0 Å². The summed E-state index contributed by atoms with van der Waals surface area (Å²) in [5.41, 5.74) is 0.910. The normalized spacial score (nSPS) is 26.9. The molecule has 6 rings (SSSR count). The van der Waals surface area contributed by atoms with Crippen LogP contribution in [0.3, 0.4) is 0 Å². The number of carbonyl (C=O) groups excluding carboxylic acids is 3. The monoisotopic (exact) mass is 555 g/mol. The molecular formula is C32H33N3O6. The van der Waals surface area contributed by atoms with Crippen LogP contribution in [0.4, 0.5) is 11.4 Å². The van der Waals surface area contributed by atoms with Gasteiger partial charge in [0.15, 0.2) is 0 Å². The number of methoxy groups -OCH3 is 1. The number of rotatable bonds is 9. The molecule has 3 fully saturated rings. The van der Waals surface area contributed by atoms with E-state index in [1.54, 1.807) is 43.5 Å². The van der Waals surface area contributed by atoms with E-state index in [0.717, 1.165) is 5.56 Å². The third kappa shape index (κ3) is 4.75. The molecule has 0 saturated carbocycles. The van der Waals surface area contributed by atoms with Crippen LogP contribution in [0.15, 0.2) is 84.9 Å². The molecule has 1 spiro atoms. The maximum absolute atomic E-state index is 14.3. The van der Waals surface area contributed by atoms with Crippen LogP contribution < -0.4 is 15.4 Å². The minimum Gasteiger partial charge on any atom is -0.497 e. The first kappa shape index (κ1) is 27.0. The van der Waals surface area contributed by atoms with Crippen molar-refractivity contribution in [2.45, 2.75) is 43.1 Å². The first-order valence-electron chi connectivity index (χ1n) is 13.9. The average molecular weight is 556 g/mol. The molecule has 9 nitrogen and oxygen atoms in total. The first-order valence-corrected chi connectivity index (χ1v) is 13.9. The number of nitrogens with one attached hydrogen (secondary N) is 2. The van der Waals surface area contributed by atoms with E-state index in [1.807, 2.05) is 48.5 Å². The summed E-state index contributed by atoms with van der Waals surface area (Å²) in [6.07, 6.45) is 0.888. The van der Waals surface area contributed by atoms with Crippen molar-refractivity contribution in [3.63, 3.8) is 0 Å². The van der Waals surface area contributed by atoms with Gasteiger partial charge in [-0.05, 0) is 61.2 Å². The number of amides is 3. The number of anilines is 2. The van der Waals surface area contributed by atoms with E-state index in [-0.39, 0.29) is 18.4 Å². The van der Waals surface area contributed by atoms with E-state index >= 15 is 0 Å². The molecule has 0 aliphatic carbocycles. The number of hydrogen-bond donors (Lipinski definition) is 3. The van der Waals surface area contributed by atoms with Crippen molar-refractivity contribution in [2.24, 2.45) is 11.8 Å². The lowest BCUT2D eigenvalue weighted by molar-refractivity contribution is -0.143. The fourth-order valence-electron chi connectivity index (χ4n) is 6.85. The molecule has 0 radical (unpaired) electrons. The van der Waals surface area contributed by atoms with Gasteiger partial charge in [0, 0.05) is 11.4 Å². The Labute approximate surface area is 238 Å². The number of likely N-dealkylation sites (tertiary alicyclic amines) is 1. The molecule has 3 heterocycles. The third-order valence-electron chi connectivity index (χ3n) is 8.61. The average Bonchev–Trinajstić information content (AvgIpc) is 3.64. The standard InChI is InChI=1S/C32H33N3O6/c1-40-24-14-12-22(13-15-24)34-30(38)28-32-17-16-25(41-32)26(29(37)33-21-10-6-3-7-11-21)27(32)31(39)35(28)23(19-36)18-20-8-4-2-5-9-20/h2-15,23,25-28,36H,16-19H2,1H3,(H,33,37)(H,34,38)/t23-,25+,26-,27+,28?,32?/m1/s1. The molecule has 3 amide bonds. The summed E-state index contributed by atoms with van der Waals surface area (Å²) < 4.78 is 11.8. The van der Waals surface area contributed by atoms with Gasteiger partial charge in [0.1, 0.15) is 17.4 Å². The highest BCUT2D eigenvalue weighted by molar-refractivity contribution is 6.05. The van der Waals surface area contributed by atoms with Gasteiger partial charge in [0.2, 0.25) is 17.7 Å². The maximum atomic E-state index is 14.3. The number of nitrogens with zero attached hydrogens (tertiary/aromatic N) is 1. The van der Waals surface area contributed by atoms with E-state index in [0.29, 0.717) is 36.4 Å². The van der Waals surface area contributed by atoms with E-state index < -0.39 is 41.5 Å². The fourth-order valence-corrected chi connectivity index (χ4v) is 6.85. The molecule has 9 heteroatoms. The molecule has 212 valence electrons. The summed E-state index contributed by atoms with van der Waals surface area (Å²) in [6, 6.07) is 23.8. The Morgan fingerprint density at radius 2 is 1.61 bits per heavy atom. The molecule has 2 unspecified atom stereocenters. The van der Waals surface area contributed by atoms with E-state index in [4.69, 9.17) is 9.47 Å². The van der Waals surface area contributed by atoms with Crippen LogP contribution in [0.2, 0.25) is 0 Å². The molecule has 6 atom stereocenters. The van der Waals surface area contributed by atoms with Crippen LogP contribution in [-0.2, 0) is 25.5 Å². The summed E-state index contributed by atoms with van der Waals surface area (Å²) in [5, 5.41) is 16.4. The lowest BCUT2D eigenvalue weighted by atomic mass is 9.70. The second-order valence-electron chi connectivity index (χ2n) is 10.9. The molecule has 2 bridgehead atoms. The van der Waals surface area contributed by atoms with Crippen LogP contribution in [-0.4, -0.2) is 65.2 Å². The van der Waals surface area contributed by atoms with E-state index in [1.165, 1.54) is 4.90 Å². The second-order valence-corrected chi connectivity index (χ2v) is 10.9. The van der Waals surface area contributed by atoms with Crippen LogP contribution >= 0.6 is 0 Å². The molecular weight excluding hydrogens is 522 g/mol. The molecule has 41 heavy (non-hydrogen) atoms. The molecule has 3 N–H and O–H groups in total. The van der Waals surface area contributed by atoms with Crippen molar-refractivity contribution in [1.82, 2.24) is 4.90 Å². The molecule has 3 saturated heterocycles. The molecule has 3 aliphatic rings. The van der Waals surface area contributed by atoms with Gasteiger partial charge < -0.3 is 30.1 Å². The summed E-state index contributed by atoms with van der Waals surface area (Å²) in [5.74, 6) is -2.02. The lowest BCUT2D eigenvalue weighted by Crippen LogP contribution is -2.56. The van der Waals surface area contributed by atoms with Crippen LogP contribution in [0, 0.1) is 11.8 Å². The second kappa shape index (κ2) is 11.0. The zero-order valence-electron chi connectivity index (χ0n) is 22.7. The number of aliphatic hydroxyl groups is 1.